The van der Waals surface area contributed by atoms with Gasteiger partial charge in [0.15, 0.2) is 11.5 Å². The lowest BCUT2D eigenvalue weighted by atomic mass is 10.2. The maximum Gasteiger partial charge on any atom is 0.247 e. The van der Waals surface area contributed by atoms with Crippen molar-refractivity contribution in [3.8, 4) is 0 Å². The first kappa shape index (κ1) is 18.1. The number of nitrogen functional groups attached to an aromatic ring is 1. The molecule has 0 radical (unpaired) electrons. The second-order valence-electron chi connectivity index (χ2n) is 6.55. The van der Waals surface area contributed by atoms with E-state index in [1.54, 1.807) is 17.6 Å². The molecular weight excluding hydrogens is 365 g/mol. The zero-order chi connectivity index (χ0) is 19.7. The number of nitrogens with one attached hydrogen (secondary N) is 1. The number of carbonyl (C=O) groups excluding carboxylic acids is 1. The van der Waals surface area contributed by atoms with Gasteiger partial charge in [-0.05, 0) is 25.1 Å². The Labute approximate surface area is 160 Å². The minimum absolute atomic E-state index is 0.247. The number of anilines is 3. The third-order valence-electron chi connectivity index (χ3n) is 4.71. The van der Waals surface area contributed by atoms with Crippen LogP contribution in [-0.4, -0.2) is 51.7 Å². The number of morpholine rings is 1. The van der Waals surface area contributed by atoms with Crippen LogP contribution in [-0.2, 0) is 9.53 Å². The van der Waals surface area contributed by atoms with Gasteiger partial charge in [0.1, 0.15) is 23.7 Å². The summed E-state index contributed by atoms with van der Waals surface area (Å²) in [6.07, 6.45) is 2.81. The van der Waals surface area contributed by atoms with Gasteiger partial charge in [-0.25, -0.2) is 19.3 Å². The van der Waals surface area contributed by atoms with Gasteiger partial charge < -0.3 is 25.3 Å². The van der Waals surface area contributed by atoms with Gasteiger partial charge in [0.2, 0.25) is 5.91 Å². The smallest absolute Gasteiger partial charge is 0.247 e. The normalized spacial score (nSPS) is 15.6. The van der Waals surface area contributed by atoms with Crippen molar-refractivity contribution in [3.05, 3.63) is 36.7 Å². The molecule has 3 heterocycles. The summed E-state index contributed by atoms with van der Waals surface area (Å²) < 4.78 is 21.0. The van der Waals surface area contributed by atoms with Crippen LogP contribution in [0.4, 0.5) is 21.6 Å². The Bertz CT molecular complexity index is 1020. The highest BCUT2D eigenvalue weighted by atomic mass is 19.1. The summed E-state index contributed by atoms with van der Waals surface area (Å²) in [5.74, 6) is -0.493. The van der Waals surface area contributed by atoms with Gasteiger partial charge in [-0.2, -0.15) is 0 Å². The maximum atomic E-state index is 14.1. The zero-order valence-electron chi connectivity index (χ0n) is 15.3. The van der Waals surface area contributed by atoms with Gasteiger partial charge >= 0.3 is 0 Å². The summed E-state index contributed by atoms with van der Waals surface area (Å²) in [5.41, 5.74) is 7.78. The molecule has 0 bridgehead atoms. The molecule has 2 aromatic heterocycles. The quantitative estimate of drug-likeness (QED) is 0.701. The van der Waals surface area contributed by atoms with Crippen molar-refractivity contribution in [2.75, 3.05) is 42.3 Å². The van der Waals surface area contributed by atoms with Crippen LogP contribution in [0.25, 0.3) is 11.2 Å². The molecule has 1 fully saturated rings. The maximum absolute atomic E-state index is 14.1. The molecule has 146 valence electrons. The largest absolute Gasteiger partial charge is 0.382 e. The molecule has 10 heteroatoms. The first-order chi connectivity index (χ1) is 13.5. The number of hydrogen-bond acceptors (Lipinski definition) is 7. The fourth-order valence-corrected chi connectivity index (χ4v) is 3.18. The highest BCUT2D eigenvalue weighted by molar-refractivity contribution is 5.95. The Morgan fingerprint density at radius 2 is 2.04 bits per heavy atom. The average molecular weight is 385 g/mol. The van der Waals surface area contributed by atoms with E-state index in [2.05, 4.69) is 20.3 Å². The third-order valence-corrected chi connectivity index (χ3v) is 4.71. The van der Waals surface area contributed by atoms with Gasteiger partial charge in [0.25, 0.3) is 0 Å². The Hall–Kier alpha value is -3.27. The first-order valence-corrected chi connectivity index (χ1v) is 8.90. The number of ether oxygens (including phenoxy) is 1. The monoisotopic (exact) mass is 385 g/mol. The lowest BCUT2D eigenvalue weighted by Gasteiger charge is -2.29. The molecule has 0 spiro atoms. The van der Waals surface area contributed by atoms with Crippen LogP contribution in [0, 0.1) is 5.82 Å². The van der Waals surface area contributed by atoms with E-state index in [4.69, 9.17) is 10.5 Å². The van der Waals surface area contributed by atoms with Gasteiger partial charge in [0.05, 0.1) is 19.5 Å². The van der Waals surface area contributed by atoms with Crippen molar-refractivity contribution < 1.29 is 13.9 Å². The molecule has 3 aromatic rings. The number of rotatable bonds is 4. The third kappa shape index (κ3) is 3.46. The van der Waals surface area contributed by atoms with E-state index >= 15 is 0 Å². The van der Waals surface area contributed by atoms with E-state index in [1.807, 2.05) is 4.90 Å². The predicted octanol–water partition coefficient (Wildman–Crippen LogP) is 1.58. The highest BCUT2D eigenvalue weighted by Gasteiger charge is 2.20. The molecule has 0 saturated carbocycles. The number of halogens is 1. The Kier molecular flexibility index (Phi) is 4.78. The van der Waals surface area contributed by atoms with Crippen molar-refractivity contribution in [2.24, 2.45) is 0 Å². The minimum atomic E-state index is -0.630. The molecular formula is C18H20FN7O2. The van der Waals surface area contributed by atoms with Crippen LogP contribution in [0.5, 0.6) is 0 Å². The molecule has 9 nitrogen and oxygen atoms in total. The fourth-order valence-electron chi connectivity index (χ4n) is 3.18. The summed E-state index contributed by atoms with van der Waals surface area (Å²) >= 11 is 0. The van der Waals surface area contributed by atoms with E-state index in [-0.39, 0.29) is 11.7 Å². The number of nitrogens with two attached hydrogens (primary N) is 1. The van der Waals surface area contributed by atoms with E-state index in [9.17, 15) is 9.18 Å². The summed E-state index contributed by atoms with van der Waals surface area (Å²) in [6.45, 7) is 4.24. The Morgan fingerprint density at radius 1 is 1.25 bits per heavy atom. The summed E-state index contributed by atoms with van der Waals surface area (Å²) in [4.78, 5) is 27.0. The van der Waals surface area contributed by atoms with E-state index in [1.165, 1.54) is 24.8 Å². The number of hydrogen-bond donors (Lipinski definition) is 2. The molecule has 1 unspecified atom stereocenters. The number of benzene rings is 1. The Balaban J connectivity index is 1.55. The van der Waals surface area contributed by atoms with Crippen molar-refractivity contribution in [3.63, 3.8) is 0 Å². The highest BCUT2D eigenvalue weighted by Crippen LogP contribution is 2.24. The lowest BCUT2D eigenvalue weighted by Crippen LogP contribution is -2.36. The standard InChI is InChI=1S/C18H20FN7O2/c1-11(26-10-23-15-16(20)21-9-22-17(15)26)18(27)24-13-6-12(19)7-14(8-13)25-2-4-28-5-3-25/h6-11H,2-5H2,1H3,(H,24,27)(H2,20,21,22). The minimum Gasteiger partial charge on any atom is -0.382 e. The van der Waals surface area contributed by atoms with E-state index in [0.717, 1.165) is 0 Å². The molecule has 1 atom stereocenters. The fraction of sp³-hybridized carbons (Fsp3) is 0.333. The first-order valence-electron chi connectivity index (χ1n) is 8.90. The van der Waals surface area contributed by atoms with Crippen LogP contribution in [0.1, 0.15) is 13.0 Å². The number of imidazole rings is 1. The molecule has 1 saturated heterocycles. The van der Waals surface area contributed by atoms with Crippen LogP contribution < -0.4 is 16.0 Å². The Morgan fingerprint density at radius 3 is 2.82 bits per heavy atom. The topological polar surface area (TPSA) is 111 Å². The zero-order valence-corrected chi connectivity index (χ0v) is 15.3. The predicted molar refractivity (Wildman–Crippen MR) is 103 cm³/mol. The van der Waals surface area contributed by atoms with Crippen molar-refractivity contribution in [1.29, 1.82) is 0 Å². The number of aromatic nitrogens is 4. The van der Waals surface area contributed by atoms with Crippen LogP contribution >= 0.6 is 0 Å². The van der Waals surface area contributed by atoms with Gasteiger partial charge in [-0.15, -0.1) is 0 Å². The van der Waals surface area contributed by atoms with Crippen LogP contribution in [0.3, 0.4) is 0 Å². The van der Waals surface area contributed by atoms with Crippen molar-refractivity contribution in [2.45, 2.75) is 13.0 Å². The number of carbonyl (C=O) groups is 1. The molecule has 1 aromatic carbocycles. The van der Waals surface area contributed by atoms with Crippen molar-refractivity contribution in [1.82, 2.24) is 19.5 Å². The van der Waals surface area contributed by atoms with Gasteiger partial charge in [-0.3, -0.25) is 4.79 Å². The van der Waals surface area contributed by atoms with E-state index < -0.39 is 11.9 Å². The van der Waals surface area contributed by atoms with Gasteiger partial charge in [0, 0.05) is 24.5 Å². The number of amides is 1. The molecule has 0 aliphatic carbocycles. The second kappa shape index (κ2) is 7.39. The summed E-state index contributed by atoms with van der Waals surface area (Å²) in [5, 5.41) is 2.77. The van der Waals surface area contributed by atoms with Crippen LogP contribution in [0.15, 0.2) is 30.9 Å². The summed E-state index contributed by atoms with van der Waals surface area (Å²) in [7, 11) is 0. The lowest BCUT2D eigenvalue weighted by molar-refractivity contribution is -0.118. The van der Waals surface area contributed by atoms with Crippen LogP contribution in [0.2, 0.25) is 0 Å². The number of nitrogens with zero attached hydrogens (tertiary/aromatic N) is 5. The molecule has 1 aliphatic rings. The SMILES string of the molecule is CC(C(=O)Nc1cc(F)cc(N2CCOCC2)c1)n1cnc2c(N)ncnc21. The summed E-state index contributed by atoms with van der Waals surface area (Å²) in [6, 6.07) is 3.87. The molecule has 1 amide bonds. The molecule has 3 N–H and O–H groups in total. The molecule has 28 heavy (non-hydrogen) atoms. The van der Waals surface area contributed by atoms with Crippen molar-refractivity contribution >= 4 is 34.3 Å². The molecule has 4 rings (SSSR count). The van der Waals surface area contributed by atoms with E-state index in [0.29, 0.717) is 48.8 Å². The number of fused-ring (bicyclic) bond motifs is 1. The molecule has 1 aliphatic heterocycles. The average Bonchev–Trinajstić information content (AvgIpc) is 3.13. The second-order valence-corrected chi connectivity index (χ2v) is 6.55. The van der Waals surface area contributed by atoms with Gasteiger partial charge in [-0.1, -0.05) is 0 Å².